The molecule has 0 bridgehead atoms. The van der Waals surface area contributed by atoms with E-state index in [-0.39, 0.29) is 5.54 Å². The minimum absolute atomic E-state index is 0.00250. The first-order valence-electron chi connectivity index (χ1n) is 5.23. The lowest BCUT2D eigenvalue weighted by Gasteiger charge is -2.19. The van der Waals surface area contributed by atoms with Crippen LogP contribution in [0.3, 0.4) is 0 Å². The molecular formula is C14H16N+. The van der Waals surface area contributed by atoms with E-state index >= 15 is 0 Å². The maximum atomic E-state index is 2.22. The molecule has 1 heteroatoms. The smallest absolute Gasteiger partial charge is 0.187 e. The number of rotatable bonds is 2. The molecule has 0 atom stereocenters. The van der Waals surface area contributed by atoms with E-state index < -0.39 is 0 Å². The van der Waals surface area contributed by atoms with Crippen LogP contribution in [0.5, 0.6) is 0 Å². The molecular weight excluding hydrogens is 182 g/mol. The maximum absolute atomic E-state index is 2.22. The van der Waals surface area contributed by atoms with Gasteiger partial charge in [0.1, 0.15) is 0 Å². The van der Waals surface area contributed by atoms with Crippen molar-refractivity contribution in [3.8, 4) is 0 Å². The third kappa shape index (κ3) is 1.91. The first-order chi connectivity index (χ1) is 7.21. The van der Waals surface area contributed by atoms with Crippen molar-refractivity contribution in [1.29, 1.82) is 0 Å². The molecule has 2 aromatic rings. The Balaban J connectivity index is 2.44. The van der Waals surface area contributed by atoms with E-state index in [4.69, 9.17) is 0 Å². The lowest BCUT2D eigenvalue weighted by molar-refractivity contribution is -0.747. The fraction of sp³-hybridized carbons (Fsp3) is 0.214. The van der Waals surface area contributed by atoms with Gasteiger partial charge in [-0.1, -0.05) is 36.4 Å². The van der Waals surface area contributed by atoms with Crippen molar-refractivity contribution in [1.82, 2.24) is 0 Å². The second-order valence-electron chi connectivity index (χ2n) is 4.21. The van der Waals surface area contributed by atoms with Crippen LogP contribution >= 0.6 is 0 Å². The highest BCUT2D eigenvalue weighted by Gasteiger charge is 2.29. The van der Waals surface area contributed by atoms with Crippen molar-refractivity contribution in [2.24, 2.45) is 0 Å². The van der Waals surface area contributed by atoms with Crippen LogP contribution < -0.4 is 4.57 Å². The Hall–Kier alpha value is -1.63. The lowest BCUT2D eigenvalue weighted by Crippen LogP contribution is -2.52. The minimum atomic E-state index is 0.00250. The molecule has 0 amide bonds. The number of nitrogens with zero attached hydrogens (tertiary/aromatic N) is 1. The molecule has 2 rings (SSSR count). The van der Waals surface area contributed by atoms with E-state index in [1.807, 2.05) is 6.07 Å². The predicted octanol–water partition coefficient (Wildman–Crippen LogP) is 2.76. The Bertz CT molecular complexity index is 376. The van der Waals surface area contributed by atoms with Crippen LogP contribution in [0.1, 0.15) is 19.4 Å². The van der Waals surface area contributed by atoms with Crippen LogP contribution in [0.25, 0.3) is 0 Å². The average Bonchev–Trinajstić information content (AvgIpc) is 2.31. The predicted molar refractivity (Wildman–Crippen MR) is 61.5 cm³/mol. The zero-order chi connectivity index (χ0) is 10.7. The van der Waals surface area contributed by atoms with Crippen LogP contribution in [0.2, 0.25) is 0 Å². The summed E-state index contributed by atoms with van der Waals surface area (Å²) in [5, 5.41) is 0. The summed E-state index contributed by atoms with van der Waals surface area (Å²) in [6.07, 6.45) is 4.21. The van der Waals surface area contributed by atoms with Gasteiger partial charge in [-0.25, -0.2) is 0 Å². The summed E-state index contributed by atoms with van der Waals surface area (Å²) in [6.45, 7) is 4.45. The summed E-state index contributed by atoms with van der Waals surface area (Å²) in [5.41, 5.74) is 1.32. The molecule has 0 radical (unpaired) electrons. The van der Waals surface area contributed by atoms with Gasteiger partial charge in [-0.05, 0) is 0 Å². The number of pyridine rings is 1. The van der Waals surface area contributed by atoms with Gasteiger partial charge in [0.05, 0.1) is 0 Å². The van der Waals surface area contributed by atoms with Crippen molar-refractivity contribution >= 4 is 0 Å². The molecule has 15 heavy (non-hydrogen) atoms. The maximum Gasteiger partial charge on any atom is 0.187 e. The van der Waals surface area contributed by atoms with Crippen LogP contribution in [-0.2, 0) is 5.54 Å². The Kier molecular flexibility index (Phi) is 2.55. The largest absolute Gasteiger partial charge is 0.196 e. The SMILES string of the molecule is CC(C)(c1ccccc1)[n+]1ccccc1. The Morgan fingerprint density at radius 1 is 0.800 bits per heavy atom. The van der Waals surface area contributed by atoms with Crippen LogP contribution in [0, 0.1) is 0 Å². The van der Waals surface area contributed by atoms with Gasteiger partial charge in [-0.2, -0.15) is 4.57 Å². The van der Waals surface area contributed by atoms with E-state index in [1.54, 1.807) is 0 Å². The van der Waals surface area contributed by atoms with Crippen molar-refractivity contribution in [3.63, 3.8) is 0 Å². The van der Waals surface area contributed by atoms with Gasteiger partial charge in [0, 0.05) is 31.5 Å². The molecule has 76 valence electrons. The second-order valence-corrected chi connectivity index (χ2v) is 4.21. The Labute approximate surface area is 91.0 Å². The molecule has 0 fully saturated rings. The summed E-state index contributed by atoms with van der Waals surface area (Å²) in [7, 11) is 0. The van der Waals surface area contributed by atoms with Gasteiger partial charge in [-0.15, -0.1) is 0 Å². The van der Waals surface area contributed by atoms with Crippen LogP contribution in [0.4, 0.5) is 0 Å². The monoisotopic (exact) mass is 198 g/mol. The summed E-state index contributed by atoms with van der Waals surface area (Å²) in [4.78, 5) is 0. The molecule has 0 spiro atoms. The minimum Gasteiger partial charge on any atom is -0.196 e. The molecule has 0 saturated carbocycles. The van der Waals surface area contributed by atoms with E-state index in [0.29, 0.717) is 0 Å². The first kappa shape index (κ1) is 9.91. The summed E-state index contributed by atoms with van der Waals surface area (Å²) in [6, 6.07) is 16.7. The number of aromatic nitrogens is 1. The van der Waals surface area contributed by atoms with Crippen molar-refractivity contribution in [2.45, 2.75) is 19.4 Å². The first-order valence-corrected chi connectivity index (χ1v) is 5.23. The van der Waals surface area contributed by atoms with Gasteiger partial charge in [0.25, 0.3) is 0 Å². The highest BCUT2D eigenvalue weighted by atomic mass is 15.0. The van der Waals surface area contributed by atoms with Gasteiger partial charge in [0.2, 0.25) is 0 Å². The second kappa shape index (κ2) is 3.85. The summed E-state index contributed by atoms with van der Waals surface area (Å²) >= 11 is 0. The average molecular weight is 198 g/mol. The highest BCUT2D eigenvalue weighted by Crippen LogP contribution is 2.18. The molecule has 0 saturated heterocycles. The van der Waals surface area contributed by atoms with Crippen LogP contribution in [0.15, 0.2) is 60.9 Å². The standard InChI is InChI=1S/C14H16N/c1-14(2,13-9-5-3-6-10-13)15-11-7-4-8-12-15/h3-12H,1-2H3/q+1. The van der Waals surface area contributed by atoms with E-state index in [1.165, 1.54) is 5.56 Å². The van der Waals surface area contributed by atoms with E-state index in [2.05, 4.69) is 73.3 Å². The van der Waals surface area contributed by atoms with E-state index in [9.17, 15) is 0 Å². The quantitative estimate of drug-likeness (QED) is 0.653. The molecule has 0 aliphatic heterocycles. The molecule has 0 N–H and O–H groups in total. The topological polar surface area (TPSA) is 3.88 Å². The lowest BCUT2D eigenvalue weighted by atomic mass is 9.94. The van der Waals surface area contributed by atoms with Crippen molar-refractivity contribution < 1.29 is 4.57 Å². The Morgan fingerprint density at radius 2 is 1.33 bits per heavy atom. The van der Waals surface area contributed by atoms with E-state index in [0.717, 1.165) is 0 Å². The van der Waals surface area contributed by atoms with Gasteiger partial charge in [-0.3, -0.25) is 0 Å². The molecule has 1 aromatic carbocycles. The molecule has 0 aliphatic carbocycles. The molecule has 1 heterocycles. The Morgan fingerprint density at radius 3 is 1.93 bits per heavy atom. The van der Waals surface area contributed by atoms with Gasteiger partial charge < -0.3 is 0 Å². The number of hydrogen-bond donors (Lipinski definition) is 0. The zero-order valence-corrected chi connectivity index (χ0v) is 9.22. The van der Waals surface area contributed by atoms with Crippen LogP contribution in [-0.4, -0.2) is 0 Å². The summed E-state index contributed by atoms with van der Waals surface area (Å²) < 4.78 is 2.22. The van der Waals surface area contributed by atoms with Crippen molar-refractivity contribution in [3.05, 3.63) is 66.5 Å². The molecule has 1 aromatic heterocycles. The fourth-order valence-corrected chi connectivity index (χ4v) is 1.77. The van der Waals surface area contributed by atoms with Gasteiger partial charge in [0.15, 0.2) is 17.9 Å². The molecule has 1 nitrogen and oxygen atoms in total. The zero-order valence-electron chi connectivity index (χ0n) is 9.22. The third-order valence-electron chi connectivity index (χ3n) is 2.84. The fourth-order valence-electron chi connectivity index (χ4n) is 1.77. The highest BCUT2D eigenvalue weighted by molar-refractivity contribution is 5.20. The molecule has 0 unspecified atom stereocenters. The number of benzene rings is 1. The molecule has 0 aliphatic rings. The third-order valence-corrected chi connectivity index (χ3v) is 2.84. The number of hydrogen-bond acceptors (Lipinski definition) is 0. The summed E-state index contributed by atoms with van der Waals surface area (Å²) in [5.74, 6) is 0. The van der Waals surface area contributed by atoms with Crippen molar-refractivity contribution in [2.75, 3.05) is 0 Å². The van der Waals surface area contributed by atoms with Gasteiger partial charge >= 0.3 is 0 Å². The normalized spacial score (nSPS) is 11.3.